The maximum absolute atomic E-state index is 12.5. The van der Waals surface area contributed by atoms with E-state index in [1.165, 1.54) is 57.6 Å². The molecule has 148 valence electrons. The molecule has 0 atom stereocenters. The minimum absolute atomic E-state index is 0.392. The predicted octanol–water partition coefficient (Wildman–Crippen LogP) is 6.54. The molecule has 0 heterocycles. The fraction of sp³-hybridized carbons (Fsp3) is 1.00. The van der Waals surface area contributed by atoms with Gasteiger partial charge in [-0.15, -0.1) is 0 Å². The van der Waals surface area contributed by atoms with Gasteiger partial charge in [0.1, 0.15) is 0 Å². The predicted molar refractivity (Wildman–Crippen MR) is 109 cm³/mol. The summed E-state index contributed by atoms with van der Waals surface area (Å²) in [7, 11) is -2.94. The summed E-state index contributed by atoms with van der Waals surface area (Å²) in [6, 6.07) is 0. The lowest BCUT2D eigenvalue weighted by atomic mass is 9.68. The first-order valence-corrected chi connectivity index (χ1v) is 13.0. The highest BCUT2D eigenvalue weighted by Gasteiger charge is 2.44. The second-order valence-corrected chi connectivity index (χ2v) is 11.6. The van der Waals surface area contributed by atoms with Gasteiger partial charge in [0, 0.05) is 6.26 Å². The van der Waals surface area contributed by atoms with Crippen LogP contribution in [0.1, 0.15) is 110 Å². The van der Waals surface area contributed by atoms with Crippen LogP contribution in [-0.4, -0.2) is 19.4 Å². The number of hydrogen-bond donors (Lipinski definition) is 0. The van der Waals surface area contributed by atoms with Gasteiger partial charge >= 0.3 is 0 Å². The molecule has 3 heteroatoms. The van der Waals surface area contributed by atoms with Gasteiger partial charge in [-0.2, -0.15) is 0 Å². The molecule has 2 aliphatic rings. The third-order valence-corrected chi connectivity index (χ3v) is 9.67. The minimum Gasteiger partial charge on any atom is -0.229 e. The van der Waals surface area contributed by atoms with Crippen LogP contribution in [-0.2, 0) is 9.84 Å². The number of unbranched alkanes of at least 4 members (excludes halogenated alkanes) is 3. The highest BCUT2D eigenvalue weighted by Crippen LogP contribution is 2.47. The molecule has 2 nitrogen and oxygen atoms in total. The molecule has 2 aliphatic carbocycles. The largest absolute Gasteiger partial charge is 0.229 e. The zero-order valence-electron chi connectivity index (χ0n) is 17.1. The Balaban J connectivity index is 1.81. The van der Waals surface area contributed by atoms with Crippen molar-refractivity contribution in [2.75, 3.05) is 6.26 Å². The topological polar surface area (TPSA) is 34.1 Å². The van der Waals surface area contributed by atoms with Crippen LogP contribution in [0.4, 0.5) is 0 Å². The van der Waals surface area contributed by atoms with Crippen molar-refractivity contribution in [1.82, 2.24) is 0 Å². The molecule has 0 spiro atoms. The van der Waals surface area contributed by atoms with Crippen molar-refractivity contribution in [3.8, 4) is 0 Å². The Labute approximate surface area is 157 Å². The number of rotatable bonds is 9. The molecule has 0 aromatic rings. The Bertz CT molecular complexity index is 466. The highest BCUT2D eigenvalue weighted by atomic mass is 32.2. The Morgan fingerprint density at radius 3 is 1.88 bits per heavy atom. The normalized spacial score (nSPS) is 34.1. The zero-order chi connectivity index (χ0) is 18.3. The maximum Gasteiger partial charge on any atom is 0.153 e. The van der Waals surface area contributed by atoms with Crippen molar-refractivity contribution in [3.63, 3.8) is 0 Å². The van der Waals surface area contributed by atoms with Gasteiger partial charge in [-0.25, -0.2) is 8.42 Å². The molecule has 0 saturated heterocycles. The van der Waals surface area contributed by atoms with Crippen LogP contribution in [0.5, 0.6) is 0 Å². The molecule has 0 aromatic carbocycles. The van der Waals surface area contributed by atoms with Gasteiger partial charge in [0.25, 0.3) is 0 Å². The number of sulfone groups is 1. The molecule has 0 N–H and O–H groups in total. The highest BCUT2D eigenvalue weighted by molar-refractivity contribution is 7.92. The van der Waals surface area contributed by atoms with Crippen LogP contribution in [0, 0.1) is 17.8 Å². The molecule has 0 aromatic heterocycles. The molecule has 0 radical (unpaired) electrons. The van der Waals surface area contributed by atoms with Crippen LogP contribution < -0.4 is 0 Å². The van der Waals surface area contributed by atoms with Crippen molar-refractivity contribution < 1.29 is 8.42 Å². The molecule has 0 unspecified atom stereocenters. The summed E-state index contributed by atoms with van der Waals surface area (Å²) in [4.78, 5) is 0. The molecule has 0 amide bonds. The van der Waals surface area contributed by atoms with Crippen LogP contribution in [0.25, 0.3) is 0 Å². The summed E-state index contributed by atoms with van der Waals surface area (Å²) in [5.74, 6) is 2.66. The van der Waals surface area contributed by atoms with Crippen molar-refractivity contribution >= 4 is 9.84 Å². The fourth-order valence-electron chi connectivity index (χ4n) is 5.57. The average molecular weight is 371 g/mol. The van der Waals surface area contributed by atoms with E-state index in [1.807, 2.05) is 0 Å². The van der Waals surface area contributed by atoms with E-state index in [4.69, 9.17) is 0 Å². The summed E-state index contributed by atoms with van der Waals surface area (Å²) in [6.07, 6.45) is 20.0. The van der Waals surface area contributed by atoms with E-state index in [0.29, 0.717) is 0 Å². The first-order chi connectivity index (χ1) is 11.9. The molecule has 0 aliphatic heterocycles. The molecule has 0 bridgehead atoms. The molecular weight excluding hydrogens is 328 g/mol. The van der Waals surface area contributed by atoms with E-state index in [0.717, 1.165) is 62.7 Å². The lowest BCUT2D eigenvalue weighted by molar-refractivity contribution is 0.146. The second-order valence-electron chi connectivity index (χ2n) is 9.17. The van der Waals surface area contributed by atoms with E-state index in [1.54, 1.807) is 0 Å². The van der Waals surface area contributed by atoms with Gasteiger partial charge < -0.3 is 0 Å². The van der Waals surface area contributed by atoms with Crippen molar-refractivity contribution in [1.29, 1.82) is 0 Å². The van der Waals surface area contributed by atoms with Gasteiger partial charge in [0.15, 0.2) is 9.84 Å². The monoisotopic (exact) mass is 370 g/mol. The van der Waals surface area contributed by atoms with E-state index >= 15 is 0 Å². The zero-order valence-corrected chi connectivity index (χ0v) is 17.9. The van der Waals surface area contributed by atoms with E-state index in [-0.39, 0.29) is 0 Å². The van der Waals surface area contributed by atoms with Crippen LogP contribution in [0.15, 0.2) is 0 Å². The summed E-state index contributed by atoms with van der Waals surface area (Å²) < 4.78 is 24.5. The summed E-state index contributed by atoms with van der Waals surface area (Å²) >= 11 is 0. The van der Waals surface area contributed by atoms with Crippen molar-refractivity contribution in [2.45, 2.75) is 115 Å². The Morgan fingerprint density at radius 1 is 0.800 bits per heavy atom. The molecule has 25 heavy (non-hydrogen) atoms. The van der Waals surface area contributed by atoms with Crippen LogP contribution in [0.2, 0.25) is 0 Å². The third-order valence-electron chi connectivity index (χ3n) is 7.49. The average Bonchev–Trinajstić information content (AvgIpc) is 2.60. The lowest BCUT2D eigenvalue weighted by Crippen LogP contribution is -2.43. The minimum atomic E-state index is -2.94. The van der Waals surface area contributed by atoms with Gasteiger partial charge in [-0.1, -0.05) is 65.2 Å². The van der Waals surface area contributed by atoms with Gasteiger partial charge in [-0.05, 0) is 62.7 Å². The van der Waals surface area contributed by atoms with Gasteiger partial charge in [0.2, 0.25) is 0 Å². The summed E-state index contributed by atoms with van der Waals surface area (Å²) in [6.45, 7) is 4.46. The summed E-state index contributed by atoms with van der Waals surface area (Å²) in [5.41, 5.74) is 0. The first kappa shape index (κ1) is 21.3. The molecule has 2 fully saturated rings. The standard InChI is InChI=1S/C22H42O2S/c1-4-6-8-9-19-10-12-20(13-11-19)21-14-17-22(18-15-21,16-7-5-2)25(3,23)24/h19-21H,4-18H2,1-3H3. The molecule has 2 rings (SSSR count). The smallest absolute Gasteiger partial charge is 0.153 e. The maximum atomic E-state index is 12.5. The van der Waals surface area contributed by atoms with E-state index < -0.39 is 14.6 Å². The summed E-state index contributed by atoms with van der Waals surface area (Å²) in [5, 5.41) is 0. The van der Waals surface area contributed by atoms with Crippen LogP contribution >= 0.6 is 0 Å². The second kappa shape index (κ2) is 9.76. The van der Waals surface area contributed by atoms with E-state index in [9.17, 15) is 8.42 Å². The van der Waals surface area contributed by atoms with Crippen molar-refractivity contribution in [3.05, 3.63) is 0 Å². The Kier molecular flexibility index (Phi) is 8.30. The fourth-order valence-corrected chi connectivity index (χ4v) is 7.07. The number of hydrogen-bond acceptors (Lipinski definition) is 2. The molecule has 2 saturated carbocycles. The molecular formula is C22H42O2S. The Morgan fingerprint density at radius 2 is 1.36 bits per heavy atom. The van der Waals surface area contributed by atoms with E-state index in [2.05, 4.69) is 13.8 Å². The van der Waals surface area contributed by atoms with Gasteiger partial charge in [-0.3, -0.25) is 0 Å². The SMILES string of the molecule is CCCCCC1CCC(C2CCC(CCCC)(S(C)(=O)=O)CC2)CC1. The van der Waals surface area contributed by atoms with Crippen molar-refractivity contribution in [2.24, 2.45) is 17.8 Å². The quantitative estimate of drug-likeness (QED) is 0.432. The lowest BCUT2D eigenvalue weighted by Gasteiger charge is -2.43. The first-order valence-electron chi connectivity index (χ1n) is 11.1. The van der Waals surface area contributed by atoms with Crippen LogP contribution in [0.3, 0.4) is 0 Å². The Hall–Kier alpha value is -0.0500. The van der Waals surface area contributed by atoms with Gasteiger partial charge in [0.05, 0.1) is 4.75 Å². The third kappa shape index (κ3) is 5.71.